The molecule has 10 nitrogen and oxygen atoms in total. The molecule has 2 heterocycles. The molecule has 1 saturated heterocycles. The first-order valence-electron chi connectivity index (χ1n) is 9.33. The minimum atomic E-state index is -0.647. The average molecular weight is 411 g/mol. The molecule has 0 spiro atoms. The monoisotopic (exact) mass is 411 g/mol. The van der Waals surface area contributed by atoms with Gasteiger partial charge in [-0.2, -0.15) is 4.68 Å². The van der Waals surface area contributed by atoms with E-state index in [2.05, 4.69) is 20.8 Å². The van der Waals surface area contributed by atoms with Crippen LogP contribution in [0.15, 0.2) is 36.4 Å². The van der Waals surface area contributed by atoms with Crippen molar-refractivity contribution < 1.29 is 14.1 Å². The van der Waals surface area contributed by atoms with E-state index in [9.17, 15) is 19.3 Å². The van der Waals surface area contributed by atoms with Crippen molar-refractivity contribution in [1.82, 2.24) is 20.2 Å². The van der Waals surface area contributed by atoms with Gasteiger partial charge in [0, 0.05) is 25.2 Å². The van der Waals surface area contributed by atoms with Gasteiger partial charge in [-0.3, -0.25) is 14.9 Å². The first kappa shape index (κ1) is 19.4. The lowest BCUT2D eigenvalue weighted by atomic mass is 10.1. The number of halogens is 1. The molecule has 154 valence electrons. The molecule has 0 radical (unpaired) electrons. The van der Waals surface area contributed by atoms with Crippen molar-refractivity contribution in [2.24, 2.45) is 0 Å². The molecule has 1 aliphatic rings. The fourth-order valence-electron chi connectivity index (χ4n) is 3.45. The molecule has 0 unspecified atom stereocenters. The van der Waals surface area contributed by atoms with Gasteiger partial charge in [-0.05, 0) is 54.5 Å². The lowest BCUT2D eigenvalue weighted by molar-refractivity contribution is -0.384. The number of carbonyl (C=O) groups excluding carboxylic acids is 1. The topological polar surface area (TPSA) is 119 Å². The molecule has 11 heteroatoms. The molecule has 1 N–H and O–H groups in total. The summed E-state index contributed by atoms with van der Waals surface area (Å²) in [6, 6.07) is 8.24. The summed E-state index contributed by atoms with van der Waals surface area (Å²) in [4.78, 5) is 25.6. The van der Waals surface area contributed by atoms with Crippen LogP contribution in [0.25, 0.3) is 5.69 Å². The zero-order chi connectivity index (χ0) is 21.3. The van der Waals surface area contributed by atoms with Gasteiger partial charge in [0.05, 0.1) is 27.5 Å². The molecule has 1 amide bonds. The number of non-ortho nitro benzene ring substituents is 1. The predicted molar refractivity (Wildman–Crippen MR) is 106 cm³/mol. The normalized spacial score (nSPS) is 13.5. The van der Waals surface area contributed by atoms with E-state index >= 15 is 0 Å². The van der Waals surface area contributed by atoms with Crippen molar-refractivity contribution in [3.05, 3.63) is 63.7 Å². The fourth-order valence-corrected chi connectivity index (χ4v) is 3.45. The summed E-state index contributed by atoms with van der Waals surface area (Å²) in [5, 5.41) is 24.9. The lowest BCUT2D eigenvalue weighted by Gasteiger charge is -2.21. The van der Waals surface area contributed by atoms with Crippen LogP contribution >= 0.6 is 0 Å². The van der Waals surface area contributed by atoms with Gasteiger partial charge in [0.25, 0.3) is 11.6 Å². The number of tetrazole rings is 1. The first-order valence-corrected chi connectivity index (χ1v) is 9.33. The highest BCUT2D eigenvalue weighted by atomic mass is 19.1. The highest BCUT2D eigenvalue weighted by molar-refractivity contribution is 6.08. The van der Waals surface area contributed by atoms with Crippen molar-refractivity contribution in [3.8, 4) is 5.69 Å². The molecule has 4 rings (SSSR count). The van der Waals surface area contributed by atoms with Gasteiger partial charge >= 0.3 is 0 Å². The van der Waals surface area contributed by atoms with Crippen LogP contribution in [-0.2, 0) is 0 Å². The van der Waals surface area contributed by atoms with Gasteiger partial charge < -0.3 is 10.2 Å². The summed E-state index contributed by atoms with van der Waals surface area (Å²) < 4.78 is 15.8. The van der Waals surface area contributed by atoms with Crippen LogP contribution in [-0.4, -0.2) is 44.1 Å². The lowest BCUT2D eigenvalue weighted by Crippen LogP contribution is -2.23. The second kappa shape index (κ2) is 7.85. The minimum absolute atomic E-state index is 0.0775. The minimum Gasteiger partial charge on any atom is -0.371 e. The molecule has 2 aromatic carbocycles. The van der Waals surface area contributed by atoms with E-state index in [1.54, 1.807) is 13.0 Å². The van der Waals surface area contributed by atoms with E-state index in [0.29, 0.717) is 17.2 Å². The quantitative estimate of drug-likeness (QED) is 0.506. The van der Waals surface area contributed by atoms with Gasteiger partial charge in [0.15, 0.2) is 5.82 Å². The number of nitrogens with zero attached hydrogens (tertiary/aromatic N) is 6. The summed E-state index contributed by atoms with van der Waals surface area (Å²) >= 11 is 0. The summed E-state index contributed by atoms with van der Waals surface area (Å²) in [7, 11) is 0. The zero-order valence-electron chi connectivity index (χ0n) is 16.1. The van der Waals surface area contributed by atoms with Crippen LogP contribution in [0.5, 0.6) is 0 Å². The molecule has 3 aromatic rings. The summed E-state index contributed by atoms with van der Waals surface area (Å²) in [6.07, 6.45) is 1.94. The molecular weight excluding hydrogens is 393 g/mol. The van der Waals surface area contributed by atoms with Crippen LogP contribution in [0, 0.1) is 22.9 Å². The van der Waals surface area contributed by atoms with Crippen molar-refractivity contribution in [2.45, 2.75) is 19.8 Å². The molecule has 1 aliphatic heterocycles. The SMILES string of the molecule is Cc1nnnn1-c1ccc(F)c(NC(=O)c2cc([N+](=O)[O-])ccc2N2CCCC2)c1. The first-order chi connectivity index (χ1) is 14.4. The summed E-state index contributed by atoms with van der Waals surface area (Å²) in [5.74, 6) is -0.787. The third-order valence-corrected chi connectivity index (χ3v) is 4.95. The second-order valence-electron chi connectivity index (χ2n) is 6.91. The molecule has 1 aromatic heterocycles. The zero-order valence-corrected chi connectivity index (χ0v) is 16.1. The fraction of sp³-hybridized carbons (Fsp3) is 0.263. The Balaban J connectivity index is 1.69. The molecule has 1 fully saturated rings. The van der Waals surface area contributed by atoms with Gasteiger partial charge in [0.2, 0.25) is 0 Å². The number of rotatable bonds is 5. The Hall–Kier alpha value is -3.89. The van der Waals surface area contributed by atoms with Gasteiger partial charge in [-0.15, -0.1) is 5.10 Å². The van der Waals surface area contributed by atoms with Crippen LogP contribution in [0.4, 0.5) is 21.5 Å². The maximum atomic E-state index is 14.4. The largest absolute Gasteiger partial charge is 0.371 e. The maximum Gasteiger partial charge on any atom is 0.270 e. The standard InChI is InChI=1S/C19H18FN7O3/c1-12-22-23-24-26(12)13-4-6-16(20)17(11-13)21-19(28)15-10-14(27(29)30)5-7-18(15)25-8-2-3-9-25/h4-7,10-11H,2-3,8-9H2,1H3,(H,21,28). The Bertz CT molecular complexity index is 1130. The smallest absolute Gasteiger partial charge is 0.270 e. The third kappa shape index (κ3) is 3.69. The summed E-state index contributed by atoms with van der Waals surface area (Å²) in [6.45, 7) is 3.19. The van der Waals surface area contributed by atoms with Gasteiger partial charge in [-0.25, -0.2) is 4.39 Å². The number of amides is 1. The highest BCUT2D eigenvalue weighted by Crippen LogP contribution is 2.29. The van der Waals surface area contributed by atoms with Gasteiger partial charge in [-0.1, -0.05) is 0 Å². The van der Waals surface area contributed by atoms with Crippen LogP contribution in [0.3, 0.4) is 0 Å². The van der Waals surface area contributed by atoms with Crippen molar-refractivity contribution >= 4 is 23.0 Å². The van der Waals surface area contributed by atoms with Crippen LogP contribution in [0.2, 0.25) is 0 Å². The van der Waals surface area contributed by atoms with Crippen molar-refractivity contribution in [1.29, 1.82) is 0 Å². The van der Waals surface area contributed by atoms with Crippen molar-refractivity contribution in [2.75, 3.05) is 23.3 Å². The van der Waals surface area contributed by atoms with E-state index in [4.69, 9.17) is 0 Å². The highest BCUT2D eigenvalue weighted by Gasteiger charge is 2.23. The molecule has 0 bridgehead atoms. The average Bonchev–Trinajstić information content (AvgIpc) is 3.41. The predicted octanol–water partition coefficient (Wildman–Crippen LogP) is 2.87. The molecule has 0 atom stereocenters. The number of anilines is 2. The molecular formula is C19H18FN7O3. The third-order valence-electron chi connectivity index (χ3n) is 4.95. The second-order valence-corrected chi connectivity index (χ2v) is 6.91. The number of nitro benzene ring substituents is 1. The van der Waals surface area contributed by atoms with E-state index in [-0.39, 0.29) is 16.9 Å². The Labute approximate surface area is 170 Å². The molecule has 0 aliphatic carbocycles. The van der Waals surface area contributed by atoms with Crippen LogP contribution in [0.1, 0.15) is 29.0 Å². The van der Waals surface area contributed by atoms with Crippen molar-refractivity contribution in [3.63, 3.8) is 0 Å². The Kier molecular flexibility index (Phi) is 5.09. The summed E-state index contributed by atoms with van der Waals surface area (Å²) in [5.41, 5.74) is 0.888. The van der Waals surface area contributed by atoms with E-state index in [0.717, 1.165) is 25.9 Å². The Morgan fingerprint density at radius 1 is 1.20 bits per heavy atom. The van der Waals surface area contributed by atoms with Gasteiger partial charge in [0.1, 0.15) is 5.82 Å². The number of carbonyl (C=O) groups is 1. The van der Waals surface area contributed by atoms with Crippen LogP contribution < -0.4 is 10.2 Å². The number of nitro groups is 1. The number of benzene rings is 2. The number of hydrogen-bond donors (Lipinski definition) is 1. The number of hydrogen-bond acceptors (Lipinski definition) is 7. The van der Waals surface area contributed by atoms with E-state index in [1.807, 2.05) is 4.90 Å². The number of nitrogens with one attached hydrogen (secondary N) is 1. The maximum absolute atomic E-state index is 14.4. The number of aryl methyl sites for hydroxylation is 1. The Morgan fingerprint density at radius 2 is 1.97 bits per heavy atom. The van der Waals surface area contributed by atoms with E-state index < -0.39 is 16.6 Å². The molecule has 30 heavy (non-hydrogen) atoms. The molecule has 0 saturated carbocycles. The van der Waals surface area contributed by atoms with E-state index in [1.165, 1.54) is 35.0 Å². The Morgan fingerprint density at radius 3 is 2.63 bits per heavy atom. The number of aromatic nitrogens is 4.